The summed E-state index contributed by atoms with van der Waals surface area (Å²) in [4.78, 5) is 0. The number of benzene rings is 8. The molecule has 0 N–H and O–H groups in total. The number of hydrogen-bond donors (Lipinski definition) is 0. The fourth-order valence-electron chi connectivity index (χ4n) is 6.40. The smallest absolute Gasteiger partial charge is 0.00199 e. The zero-order chi connectivity index (χ0) is 25.1. The van der Waals surface area contributed by atoms with E-state index in [-0.39, 0.29) is 0 Å². The van der Waals surface area contributed by atoms with Crippen LogP contribution in [0.25, 0.3) is 76.1 Å². The van der Waals surface area contributed by atoms with Crippen molar-refractivity contribution in [2.75, 3.05) is 0 Å². The molecule has 0 saturated heterocycles. The lowest BCUT2D eigenvalue weighted by Gasteiger charge is -2.20. The summed E-state index contributed by atoms with van der Waals surface area (Å²) in [5, 5.41) is 12.9. The Kier molecular flexibility index (Phi) is 4.62. The van der Waals surface area contributed by atoms with E-state index in [0.717, 1.165) is 0 Å². The highest BCUT2D eigenvalue weighted by Crippen LogP contribution is 2.46. The van der Waals surface area contributed by atoms with Crippen molar-refractivity contribution >= 4 is 53.9 Å². The third-order valence-electron chi connectivity index (χ3n) is 8.03. The van der Waals surface area contributed by atoms with E-state index in [4.69, 9.17) is 0 Å². The molecule has 0 heterocycles. The molecule has 8 aromatic carbocycles. The Labute approximate surface area is 221 Å². The van der Waals surface area contributed by atoms with Crippen molar-refractivity contribution in [2.24, 2.45) is 0 Å². The van der Waals surface area contributed by atoms with Gasteiger partial charge >= 0.3 is 0 Å². The molecule has 0 fully saturated rings. The molecule has 0 aliphatic carbocycles. The third kappa shape index (κ3) is 3.04. The molecule has 0 heteroatoms. The van der Waals surface area contributed by atoms with E-state index in [2.05, 4.69) is 146 Å². The van der Waals surface area contributed by atoms with Crippen LogP contribution in [-0.2, 0) is 0 Å². The Hall–Kier alpha value is -4.94. The quantitative estimate of drug-likeness (QED) is 0.170. The van der Waals surface area contributed by atoms with Gasteiger partial charge in [0.15, 0.2) is 0 Å². The molecule has 38 heavy (non-hydrogen) atoms. The summed E-state index contributed by atoms with van der Waals surface area (Å²) >= 11 is 0. The van der Waals surface area contributed by atoms with Crippen LogP contribution in [0, 0.1) is 0 Å². The lowest BCUT2D eigenvalue weighted by molar-refractivity contribution is 1.67. The second-order valence-corrected chi connectivity index (χ2v) is 10.1. The zero-order valence-electron chi connectivity index (χ0n) is 20.9. The summed E-state index contributed by atoms with van der Waals surface area (Å²) in [6.07, 6.45) is 0. The molecule has 0 saturated carbocycles. The maximum Gasteiger partial charge on any atom is -0.00199 e. The molecule has 8 rings (SSSR count). The van der Waals surface area contributed by atoms with Crippen LogP contribution in [0.4, 0.5) is 0 Å². The first-order valence-corrected chi connectivity index (χ1v) is 13.2. The Morgan fingerprint density at radius 2 is 0.737 bits per heavy atom. The van der Waals surface area contributed by atoms with E-state index in [9.17, 15) is 0 Å². The first-order chi connectivity index (χ1) is 18.9. The van der Waals surface area contributed by atoms with Gasteiger partial charge < -0.3 is 0 Å². The first kappa shape index (κ1) is 21.2. The summed E-state index contributed by atoms with van der Waals surface area (Å²) in [7, 11) is 0. The Morgan fingerprint density at radius 1 is 0.263 bits per heavy atom. The monoisotopic (exact) mass is 480 g/mol. The first-order valence-electron chi connectivity index (χ1n) is 13.2. The molecule has 0 aliphatic heterocycles. The molecule has 0 atom stereocenters. The summed E-state index contributed by atoms with van der Waals surface area (Å²) in [5.41, 5.74) is 5.15. The molecule has 0 aliphatic rings. The minimum atomic E-state index is 1.25. The van der Waals surface area contributed by atoms with E-state index in [1.165, 1.54) is 76.1 Å². The lowest BCUT2D eigenvalue weighted by Crippen LogP contribution is -1.92. The van der Waals surface area contributed by atoms with Crippen LogP contribution >= 0.6 is 0 Å². The van der Waals surface area contributed by atoms with Gasteiger partial charge in [0.2, 0.25) is 0 Å². The Morgan fingerprint density at radius 3 is 1.39 bits per heavy atom. The van der Waals surface area contributed by atoms with E-state index in [1.54, 1.807) is 0 Å². The maximum absolute atomic E-state index is 2.44. The lowest BCUT2D eigenvalue weighted by atomic mass is 9.83. The summed E-state index contributed by atoms with van der Waals surface area (Å²) < 4.78 is 0. The topological polar surface area (TPSA) is 0 Å². The van der Waals surface area contributed by atoms with Gasteiger partial charge in [0, 0.05) is 0 Å². The SMILES string of the molecule is c1ccc(-c2c3ccccc3c(-c3cc4c5ccccc5ccc4c4ccccc34)c3ccccc23)cc1. The van der Waals surface area contributed by atoms with Crippen LogP contribution < -0.4 is 0 Å². The van der Waals surface area contributed by atoms with Gasteiger partial charge in [-0.1, -0.05) is 140 Å². The van der Waals surface area contributed by atoms with E-state index >= 15 is 0 Å². The zero-order valence-corrected chi connectivity index (χ0v) is 20.9. The maximum atomic E-state index is 2.44. The number of fused-ring (bicyclic) bond motifs is 7. The van der Waals surface area contributed by atoms with Gasteiger partial charge in [0.05, 0.1) is 0 Å². The van der Waals surface area contributed by atoms with Gasteiger partial charge in [0.1, 0.15) is 0 Å². The molecule has 176 valence electrons. The highest BCUT2D eigenvalue weighted by atomic mass is 14.2. The molecule has 0 bridgehead atoms. The van der Waals surface area contributed by atoms with Gasteiger partial charge in [-0.2, -0.15) is 0 Å². The summed E-state index contributed by atoms with van der Waals surface area (Å²) in [6.45, 7) is 0. The van der Waals surface area contributed by atoms with Crippen LogP contribution in [0.5, 0.6) is 0 Å². The minimum Gasteiger partial charge on any atom is -0.0622 e. The average Bonchev–Trinajstić information content (AvgIpc) is 3.00. The Bertz CT molecular complexity index is 2110. The highest BCUT2D eigenvalue weighted by Gasteiger charge is 2.19. The van der Waals surface area contributed by atoms with Crippen molar-refractivity contribution in [1.29, 1.82) is 0 Å². The fraction of sp³-hybridized carbons (Fsp3) is 0. The van der Waals surface area contributed by atoms with E-state index in [1.807, 2.05) is 0 Å². The van der Waals surface area contributed by atoms with Crippen molar-refractivity contribution in [1.82, 2.24) is 0 Å². The molecule has 0 radical (unpaired) electrons. The van der Waals surface area contributed by atoms with E-state index in [0.29, 0.717) is 0 Å². The van der Waals surface area contributed by atoms with Crippen molar-refractivity contribution in [2.45, 2.75) is 0 Å². The van der Waals surface area contributed by atoms with Crippen molar-refractivity contribution < 1.29 is 0 Å². The summed E-state index contributed by atoms with van der Waals surface area (Å²) in [6, 6.07) is 53.3. The van der Waals surface area contributed by atoms with Crippen molar-refractivity contribution in [3.63, 3.8) is 0 Å². The van der Waals surface area contributed by atoms with Gasteiger partial charge in [-0.25, -0.2) is 0 Å². The summed E-state index contributed by atoms with van der Waals surface area (Å²) in [5.74, 6) is 0. The molecule has 0 spiro atoms. The van der Waals surface area contributed by atoms with Crippen LogP contribution in [0.15, 0.2) is 146 Å². The van der Waals surface area contributed by atoms with Gasteiger partial charge in [0.25, 0.3) is 0 Å². The van der Waals surface area contributed by atoms with Gasteiger partial charge in [-0.3, -0.25) is 0 Å². The van der Waals surface area contributed by atoms with Crippen LogP contribution in [0.2, 0.25) is 0 Å². The van der Waals surface area contributed by atoms with E-state index < -0.39 is 0 Å². The standard InChI is InChI=1S/C38H24/c1-2-13-26(14-3-1)37-31-18-8-10-20-33(31)38(34-21-11-9-19-32(34)37)36-24-35-27-15-5-4-12-25(27)22-23-30(35)28-16-6-7-17-29(28)36/h1-24H. The van der Waals surface area contributed by atoms with Crippen LogP contribution in [-0.4, -0.2) is 0 Å². The van der Waals surface area contributed by atoms with Crippen LogP contribution in [0.3, 0.4) is 0 Å². The predicted octanol–water partition coefficient (Wildman–Crippen LogP) is 10.8. The van der Waals surface area contributed by atoms with Gasteiger partial charge in [-0.05, 0) is 82.2 Å². The number of hydrogen-bond acceptors (Lipinski definition) is 0. The minimum absolute atomic E-state index is 1.25. The van der Waals surface area contributed by atoms with Crippen molar-refractivity contribution in [3.05, 3.63) is 146 Å². The predicted molar refractivity (Wildman–Crippen MR) is 165 cm³/mol. The van der Waals surface area contributed by atoms with Crippen LogP contribution in [0.1, 0.15) is 0 Å². The molecule has 0 aromatic heterocycles. The van der Waals surface area contributed by atoms with Gasteiger partial charge in [-0.15, -0.1) is 0 Å². The fourth-order valence-corrected chi connectivity index (χ4v) is 6.40. The third-order valence-corrected chi connectivity index (χ3v) is 8.03. The largest absolute Gasteiger partial charge is 0.0622 e. The second kappa shape index (κ2) is 8.30. The van der Waals surface area contributed by atoms with Crippen molar-refractivity contribution in [3.8, 4) is 22.3 Å². The average molecular weight is 481 g/mol. The number of rotatable bonds is 2. The molecule has 0 nitrogen and oxygen atoms in total. The molecular weight excluding hydrogens is 456 g/mol. The molecule has 0 amide bonds. The molecule has 0 unspecified atom stereocenters. The molecule has 8 aromatic rings. The molecular formula is C38H24. The highest BCUT2D eigenvalue weighted by molar-refractivity contribution is 6.27. The normalized spacial score (nSPS) is 11.7. The Balaban J connectivity index is 1.61. The second-order valence-electron chi connectivity index (χ2n) is 10.1.